The third-order valence-electron chi connectivity index (χ3n) is 7.31. The van der Waals surface area contributed by atoms with Crippen LogP contribution in [-0.4, -0.2) is 53.7 Å². The highest BCUT2D eigenvalue weighted by Crippen LogP contribution is 2.35. The maximum Gasteiger partial charge on any atom is 0.254 e. The zero-order valence-corrected chi connectivity index (χ0v) is 22.4. The molecule has 1 aliphatic rings. The van der Waals surface area contributed by atoms with Crippen molar-refractivity contribution in [3.63, 3.8) is 0 Å². The minimum Gasteiger partial charge on any atom is -0.492 e. The first-order valence-corrected chi connectivity index (χ1v) is 13.5. The van der Waals surface area contributed by atoms with Crippen molar-refractivity contribution in [3.05, 3.63) is 137 Å². The Labute approximate surface area is 238 Å². The van der Waals surface area contributed by atoms with Gasteiger partial charge in [-0.25, -0.2) is 4.39 Å². The summed E-state index contributed by atoms with van der Waals surface area (Å²) in [6.45, 7) is 0.680. The first-order chi connectivity index (χ1) is 20.0. The third-order valence-corrected chi connectivity index (χ3v) is 7.31. The summed E-state index contributed by atoms with van der Waals surface area (Å²) in [5.74, 6) is -1.46. The van der Waals surface area contributed by atoms with E-state index in [0.717, 1.165) is 11.1 Å². The Hall–Kier alpha value is -4.53. The average molecular weight is 554 g/mol. The SMILES string of the molecule is NCCOc1cccc(C(=O)N2C[C@H](c3ccc(F)cc3)[C@@H](O)[C@H]2C(=O)NC(c2ccccc2)c2ccccc2)c1. The lowest BCUT2D eigenvalue weighted by Crippen LogP contribution is -2.51. The number of aliphatic hydroxyl groups excluding tert-OH is 1. The standard InChI is InChI=1S/C33H32FN3O4/c34-26-16-14-22(15-17-26)28-21-37(33(40)25-12-7-13-27(20-25)41-19-18-35)30(31(28)38)32(39)36-29(23-8-3-1-4-9-23)24-10-5-2-6-11-24/h1-17,20,28-31,38H,18-19,21,35H2,(H,36,39)/t28-,30+,31-/m1/s1. The van der Waals surface area contributed by atoms with Gasteiger partial charge in [0.05, 0.1) is 12.1 Å². The van der Waals surface area contributed by atoms with E-state index in [4.69, 9.17) is 10.5 Å². The largest absolute Gasteiger partial charge is 0.492 e. The van der Waals surface area contributed by atoms with Gasteiger partial charge in [-0.15, -0.1) is 0 Å². The highest BCUT2D eigenvalue weighted by Gasteiger charge is 2.48. The van der Waals surface area contributed by atoms with E-state index in [1.165, 1.54) is 17.0 Å². The second-order valence-corrected chi connectivity index (χ2v) is 9.98. The van der Waals surface area contributed by atoms with Gasteiger partial charge >= 0.3 is 0 Å². The van der Waals surface area contributed by atoms with Crippen molar-refractivity contribution in [3.8, 4) is 5.75 Å². The van der Waals surface area contributed by atoms with Crippen LogP contribution in [0.15, 0.2) is 109 Å². The molecule has 0 radical (unpaired) electrons. The normalized spacial score (nSPS) is 18.3. The van der Waals surface area contributed by atoms with E-state index < -0.39 is 41.7 Å². The fraction of sp³-hybridized carbons (Fsp3) is 0.212. The molecule has 4 aromatic rings. The van der Waals surface area contributed by atoms with Crippen LogP contribution in [0.2, 0.25) is 0 Å². The number of halogens is 1. The molecule has 4 aromatic carbocycles. The van der Waals surface area contributed by atoms with Crippen LogP contribution in [0, 0.1) is 5.82 Å². The van der Waals surface area contributed by atoms with Crippen molar-refractivity contribution < 1.29 is 23.8 Å². The van der Waals surface area contributed by atoms with Crippen molar-refractivity contribution in [2.24, 2.45) is 5.73 Å². The lowest BCUT2D eigenvalue weighted by Gasteiger charge is -2.28. The number of aliphatic hydroxyl groups is 1. The molecule has 0 unspecified atom stereocenters. The van der Waals surface area contributed by atoms with Crippen LogP contribution in [0.3, 0.4) is 0 Å². The van der Waals surface area contributed by atoms with E-state index in [9.17, 15) is 19.1 Å². The molecule has 0 spiro atoms. The molecule has 0 aliphatic carbocycles. The summed E-state index contributed by atoms with van der Waals surface area (Å²) in [4.78, 5) is 29.3. The van der Waals surface area contributed by atoms with Crippen molar-refractivity contribution >= 4 is 11.8 Å². The Balaban J connectivity index is 1.49. The number of hydrogen-bond donors (Lipinski definition) is 3. The summed E-state index contributed by atoms with van der Waals surface area (Å²) in [6.07, 6.45) is -1.23. The molecular weight excluding hydrogens is 521 g/mol. The minimum atomic E-state index is -1.23. The third kappa shape index (κ3) is 6.29. The first kappa shape index (κ1) is 28.0. The molecule has 0 saturated carbocycles. The Bertz CT molecular complexity index is 1430. The molecule has 210 valence electrons. The number of ether oxygens (including phenoxy) is 1. The maximum atomic E-state index is 14.0. The average Bonchev–Trinajstić information content (AvgIpc) is 3.36. The van der Waals surface area contributed by atoms with Crippen LogP contribution in [0.5, 0.6) is 5.75 Å². The van der Waals surface area contributed by atoms with Crippen molar-refractivity contribution in [2.45, 2.75) is 24.1 Å². The van der Waals surface area contributed by atoms with Gasteiger partial charge in [0.25, 0.3) is 5.91 Å². The molecule has 1 saturated heterocycles. The van der Waals surface area contributed by atoms with E-state index in [-0.39, 0.29) is 13.2 Å². The van der Waals surface area contributed by atoms with Gasteiger partial charge in [-0.2, -0.15) is 0 Å². The van der Waals surface area contributed by atoms with Gasteiger partial charge in [-0.1, -0.05) is 78.9 Å². The zero-order valence-electron chi connectivity index (χ0n) is 22.4. The molecule has 5 rings (SSSR count). The Morgan fingerprint density at radius 1 is 0.927 bits per heavy atom. The molecule has 1 fully saturated rings. The van der Waals surface area contributed by atoms with Gasteiger partial charge in [0.1, 0.15) is 24.2 Å². The highest BCUT2D eigenvalue weighted by atomic mass is 19.1. The molecule has 1 heterocycles. The van der Waals surface area contributed by atoms with Gasteiger partial charge in [0, 0.05) is 24.6 Å². The van der Waals surface area contributed by atoms with Crippen LogP contribution in [0.1, 0.15) is 39.0 Å². The monoisotopic (exact) mass is 553 g/mol. The number of nitrogens with two attached hydrogens (primary N) is 1. The first-order valence-electron chi connectivity index (χ1n) is 13.5. The Morgan fingerprint density at radius 2 is 1.56 bits per heavy atom. The fourth-order valence-electron chi connectivity index (χ4n) is 5.30. The summed E-state index contributed by atoms with van der Waals surface area (Å²) in [5.41, 5.74) is 8.21. The fourth-order valence-corrected chi connectivity index (χ4v) is 5.30. The van der Waals surface area contributed by atoms with Crippen LogP contribution in [0.25, 0.3) is 0 Å². The van der Waals surface area contributed by atoms with Crippen LogP contribution in [0.4, 0.5) is 4.39 Å². The van der Waals surface area contributed by atoms with Crippen LogP contribution < -0.4 is 15.8 Å². The van der Waals surface area contributed by atoms with Gasteiger partial charge in [0.15, 0.2) is 0 Å². The summed E-state index contributed by atoms with van der Waals surface area (Å²) < 4.78 is 19.3. The molecule has 4 N–H and O–H groups in total. The number of nitrogens with one attached hydrogen (secondary N) is 1. The molecule has 1 aliphatic heterocycles. The zero-order chi connectivity index (χ0) is 28.8. The molecule has 0 aromatic heterocycles. The topological polar surface area (TPSA) is 105 Å². The van der Waals surface area contributed by atoms with Crippen LogP contribution in [-0.2, 0) is 4.79 Å². The number of amides is 2. The van der Waals surface area contributed by atoms with Gasteiger partial charge in [-0.3, -0.25) is 9.59 Å². The number of likely N-dealkylation sites (tertiary alicyclic amines) is 1. The van der Waals surface area contributed by atoms with E-state index >= 15 is 0 Å². The smallest absolute Gasteiger partial charge is 0.254 e. The minimum absolute atomic E-state index is 0.0684. The second kappa shape index (κ2) is 12.8. The maximum absolute atomic E-state index is 14.0. The summed E-state index contributed by atoms with van der Waals surface area (Å²) >= 11 is 0. The van der Waals surface area contributed by atoms with E-state index in [1.54, 1.807) is 36.4 Å². The number of carbonyl (C=O) groups is 2. The summed E-state index contributed by atoms with van der Waals surface area (Å²) in [6, 6.07) is 29.7. The predicted octanol–water partition coefficient (Wildman–Crippen LogP) is 4.04. The quantitative estimate of drug-likeness (QED) is 0.290. The van der Waals surface area contributed by atoms with Crippen molar-refractivity contribution in [1.82, 2.24) is 10.2 Å². The van der Waals surface area contributed by atoms with Crippen molar-refractivity contribution in [1.29, 1.82) is 0 Å². The molecule has 41 heavy (non-hydrogen) atoms. The van der Waals surface area contributed by atoms with Gasteiger partial charge in [0.2, 0.25) is 5.91 Å². The number of benzene rings is 4. The summed E-state index contributed by atoms with van der Waals surface area (Å²) in [5, 5.41) is 14.6. The molecule has 7 nitrogen and oxygen atoms in total. The van der Waals surface area contributed by atoms with Crippen molar-refractivity contribution in [2.75, 3.05) is 19.7 Å². The number of rotatable bonds is 9. The van der Waals surface area contributed by atoms with E-state index in [2.05, 4.69) is 5.32 Å². The number of nitrogens with zero attached hydrogens (tertiary/aromatic N) is 1. The highest BCUT2D eigenvalue weighted by molar-refractivity contribution is 5.99. The second-order valence-electron chi connectivity index (χ2n) is 9.98. The predicted molar refractivity (Wildman–Crippen MR) is 154 cm³/mol. The lowest BCUT2D eigenvalue weighted by atomic mass is 9.92. The Kier molecular flexibility index (Phi) is 8.72. The van der Waals surface area contributed by atoms with E-state index in [0.29, 0.717) is 23.4 Å². The van der Waals surface area contributed by atoms with E-state index in [1.807, 2.05) is 60.7 Å². The number of carbonyl (C=O) groups excluding carboxylic acids is 2. The molecule has 8 heteroatoms. The Morgan fingerprint density at radius 3 is 2.17 bits per heavy atom. The molecule has 0 bridgehead atoms. The lowest BCUT2D eigenvalue weighted by molar-refractivity contribution is -0.127. The van der Waals surface area contributed by atoms with Gasteiger partial charge < -0.3 is 25.8 Å². The molecular formula is C33H32FN3O4. The number of hydrogen-bond acceptors (Lipinski definition) is 5. The molecule has 2 amide bonds. The van der Waals surface area contributed by atoms with Crippen LogP contribution >= 0.6 is 0 Å². The summed E-state index contributed by atoms with van der Waals surface area (Å²) in [7, 11) is 0. The van der Waals surface area contributed by atoms with Gasteiger partial charge in [-0.05, 0) is 47.0 Å². The molecule has 3 atom stereocenters.